The summed E-state index contributed by atoms with van der Waals surface area (Å²) in [6.45, 7) is 4.75. The second kappa shape index (κ2) is 4.60. The molecule has 0 amide bonds. The summed E-state index contributed by atoms with van der Waals surface area (Å²) in [7, 11) is 0. The predicted molar refractivity (Wildman–Crippen MR) is 69.2 cm³/mol. The van der Waals surface area contributed by atoms with Gasteiger partial charge in [0.25, 0.3) is 0 Å². The summed E-state index contributed by atoms with van der Waals surface area (Å²) in [6, 6.07) is 7.47. The largest absolute Gasteiger partial charge is 0.385 e. The van der Waals surface area contributed by atoms with Crippen LogP contribution < -0.4 is 0 Å². The van der Waals surface area contributed by atoms with Gasteiger partial charge in [-0.2, -0.15) is 0 Å². The zero-order chi connectivity index (χ0) is 12.5. The van der Waals surface area contributed by atoms with Crippen molar-refractivity contribution >= 4 is 11.6 Å². The average Bonchev–Trinajstić information content (AvgIpc) is 2.29. The van der Waals surface area contributed by atoms with Gasteiger partial charge < -0.3 is 9.84 Å². The van der Waals surface area contributed by atoms with E-state index in [9.17, 15) is 5.11 Å². The van der Waals surface area contributed by atoms with Gasteiger partial charge in [-0.05, 0) is 31.0 Å². The van der Waals surface area contributed by atoms with E-state index < -0.39 is 5.60 Å². The first-order valence-corrected chi connectivity index (χ1v) is 6.48. The monoisotopic (exact) mass is 254 g/mol. The van der Waals surface area contributed by atoms with E-state index in [1.54, 1.807) is 0 Å². The number of hydrogen-bond donors (Lipinski definition) is 1. The quantitative estimate of drug-likeness (QED) is 0.875. The highest BCUT2D eigenvalue weighted by atomic mass is 35.5. The molecule has 1 fully saturated rings. The van der Waals surface area contributed by atoms with Crippen LogP contribution in [0.2, 0.25) is 5.02 Å². The van der Waals surface area contributed by atoms with Crippen molar-refractivity contribution in [3.05, 3.63) is 34.9 Å². The highest BCUT2D eigenvalue weighted by Crippen LogP contribution is 2.41. The first-order chi connectivity index (χ1) is 7.97. The normalized spacial score (nSPS) is 33.6. The van der Waals surface area contributed by atoms with Gasteiger partial charge in [0.05, 0.1) is 17.8 Å². The van der Waals surface area contributed by atoms with E-state index in [2.05, 4.69) is 13.8 Å². The molecule has 0 radical (unpaired) electrons. The maximum Gasteiger partial charge on any atom is 0.0945 e. The highest BCUT2D eigenvalue weighted by molar-refractivity contribution is 6.30. The number of halogens is 1. The van der Waals surface area contributed by atoms with Crippen molar-refractivity contribution in [1.29, 1.82) is 0 Å². The summed E-state index contributed by atoms with van der Waals surface area (Å²) < 4.78 is 5.77. The van der Waals surface area contributed by atoms with E-state index in [0.29, 0.717) is 24.5 Å². The van der Waals surface area contributed by atoms with Crippen LogP contribution in [0.4, 0.5) is 0 Å². The number of rotatable bonds is 2. The van der Waals surface area contributed by atoms with Gasteiger partial charge in [0.15, 0.2) is 0 Å². The maximum absolute atomic E-state index is 10.8. The van der Waals surface area contributed by atoms with Crippen molar-refractivity contribution in [3.63, 3.8) is 0 Å². The fourth-order valence-corrected chi connectivity index (χ4v) is 2.58. The van der Waals surface area contributed by atoms with Crippen LogP contribution in [0.25, 0.3) is 0 Å². The summed E-state index contributed by atoms with van der Waals surface area (Å²) in [5, 5.41) is 11.5. The van der Waals surface area contributed by atoms with Crippen LogP contribution >= 0.6 is 11.6 Å². The maximum atomic E-state index is 10.8. The molecule has 2 unspecified atom stereocenters. The molecule has 94 valence electrons. The van der Waals surface area contributed by atoms with E-state index in [1.165, 1.54) is 0 Å². The molecule has 1 saturated heterocycles. The third-order valence-corrected chi connectivity index (χ3v) is 4.01. The lowest BCUT2D eigenvalue weighted by atomic mass is 9.78. The summed E-state index contributed by atoms with van der Waals surface area (Å²) >= 11 is 5.87. The molecule has 2 rings (SSSR count). The smallest absolute Gasteiger partial charge is 0.0945 e. The Morgan fingerprint density at radius 1 is 1.35 bits per heavy atom. The highest BCUT2D eigenvalue weighted by Gasteiger charge is 2.42. The second-order valence-electron chi connectivity index (χ2n) is 5.12. The topological polar surface area (TPSA) is 29.5 Å². The van der Waals surface area contributed by atoms with Crippen molar-refractivity contribution in [3.8, 4) is 0 Å². The fourth-order valence-electron chi connectivity index (χ4n) is 2.46. The van der Waals surface area contributed by atoms with Crippen LogP contribution in [0.1, 0.15) is 38.7 Å². The number of aliphatic hydroxyl groups is 1. The minimum absolute atomic E-state index is 0.230. The van der Waals surface area contributed by atoms with Gasteiger partial charge >= 0.3 is 0 Å². The summed E-state index contributed by atoms with van der Waals surface area (Å²) in [5.41, 5.74) is -0.0786. The minimum Gasteiger partial charge on any atom is -0.385 e. The molecule has 1 aliphatic heterocycles. The molecule has 0 aliphatic carbocycles. The van der Waals surface area contributed by atoms with E-state index in [4.69, 9.17) is 16.3 Å². The van der Waals surface area contributed by atoms with Crippen molar-refractivity contribution in [1.82, 2.24) is 0 Å². The summed E-state index contributed by atoms with van der Waals surface area (Å²) in [6.07, 6.45) is 2.19. The molecule has 0 bridgehead atoms. The van der Waals surface area contributed by atoms with E-state index >= 15 is 0 Å². The van der Waals surface area contributed by atoms with Crippen LogP contribution in [0.15, 0.2) is 24.3 Å². The van der Waals surface area contributed by atoms with Crippen molar-refractivity contribution in [2.75, 3.05) is 6.61 Å². The van der Waals surface area contributed by atoms with Crippen LogP contribution in [0, 0.1) is 0 Å². The number of hydrogen-bond acceptors (Lipinski definition) is 2. The van der Waals surface area contributed by atoms with Crippen LogP contribution in [-0.2, 0) is 10.3 Å². The Kier molecular flexibility index (Phi) is 3.48. The molecule has 1 aromatic carbocycles. The van der Waals surface area contributed by atoms with Gasteiger partial charge in [-0.25, -0.2) is 0 Å². The molecule has 0 spiro atoms. The zero-order valence-electron chi connectivity index (χ0n) is 10.4. The second-order valence-corrected chi connectivity index (χ2v) is 5.55. The fraction of sp³-hybridized carbons (Fsp3) is 0.571. The molecule has 17 heavy (non-hydrogen) atoms. The third kappa shape index (κ3) is 2.65. The molecule has 0 aromatic heterocycles. The Morgan fingerprint density at radius 3 is 2.59 bits per heavy atom. The van der Waals surface area contributed by atoms with Crippen LogP contribution in [0.3, 0.4) is 0 Å². The summed E-state index contributed by atoms with van der Waals surface area (Å²) in [4.78, 5) is 0. The van der Waals surface area contributed by atoms with E-state index in [0.717, 1.165) is 12.0 Å². The van der Waals surface area contributed by atoms with E-state index in [1.807, 2.05) is 24.3 Å². The van der Waals surface area contributed by atoms with E-state index in [-0.39, 0.29) is 5.60 Å². The number of ether oxygens (including phenoxy) is 1. The first-order valence-electron chi connectivity index (χ1n) is 6.10. The first kappa shape index (κ1) is 12.9. The minimum atomic E-state index is -0.784. The predicted octanol–water partition coefficient (Wildman–Crippen LogP) is 3.51. The molecule has 1 N–H and O–H groups in total. The Labute approximate surface area is 108 Å². The summed E-state index contributed by atoms with van der Waals surface area (Å²) in [5.74, 6) is 0. The lowest BCUT2D eigenvalue weighted by molar-refractivity contribution is -0.157. The van der Waals surface area contributed by atoms with Gasteiger partial charge in [0.2, 0.25) is 0 Å². The molecule has 1 aliphatic rings. The number of benzene rings is 1. The van der Waals surface area contributed by atoms with Gasteiger partial charge in [-0.15, -0.1) is 0 Å². The van der Waals surface area contributed by atoms with Crippen LogP contribution in [-0.4, -0.2) is 17.3 Å². The Balaban J connectivity index is 2.26. The zero-order valence-corrected chi connectivity index (χ0v) is 11.1. The van der Waals surface area contributed by atoms with Crippen molar-refractivity contribution < 1.29 is 9.84 Å². The lowest BCUT2D eigenvalue weighted by Gasteiger charge is -2.43. The lowest BCUT2D eigenvalue weighted by Crippen LogP contribution is -2.45. The van der Waals surface area contributed by atoms with Gasteiger partial charge in [0, 0.05) is 17.9 Å². The van der Waals surface area contributed by atoms with Crippen molar-refractivity contribution in [2.45, 2.75) is 44.3 Å². The third-order valence-electron chi connectivity index (χ3n) is 3.76. The molecule has 0 saturated carbocycles. The van der Waals surface area contributed by atoms with Crippen LogP contribution in [0.5, 0.6) is 0 Å². The Morgan fingerprint density at radius 2 is 2.00 bits per heavy atom. The molecule has 1 aromatic rings. The molecule has 2 nitrogen and oxygen atoms in total. The molecule has 1 heterocycles. The Hall–Kier alpha value is -0.570. The average molecular weight is 255 g/mol. The van der Waals surface area contributed by atoms with Crippen molar-refractivity contribution in [2.24, 2.45) is 0 Å². The molecule has 2 atom stereocenters. The molecule has 3 heteroatoms. The standard InChI is InChI=1S/C14H19ClO2/c1-3-13(2)10-14(16,8-9-17-13)11-4-6-12(15)7-5-11/h4-7,16H,3,8-10H2,1-2H3. The molecular formula is C14H19ClO2. The van der Waals surface area contributed by atoms with Gasteiger partial charge in [0.1, 0.15) is 0 Å². The van der Waals surface area contributed by atoms with Gasteiger partial charge in [-0.3, -0.25) is 0 Å². The SMILES string of the molecule is CCC1(C)CC(O)(c2ccc(Cl)cc2)CCO1. The Bertz CT molecular complexity index is 390. The molecular weight excluding hydrogens is 236 g/mol. The van der Waals surface area contributed by atoms with Gasteiger partial charge in [-0.1, -0.05) is 30.7 Å².